The van der Waals surface area contributed by atoms with E-state index in [0.29, 0.717) is 18.7 Å². The maximum absolute atomic E-state index is 13.4. The lowest BCUT2D eigenvalue weighted by Crippen LogP contribution is -2.52. The zero-order valence-electron chi connectivity index (χ0n) is 17.9. The van der Waals surface area contributed by atoms with Gasteiger partial charge in [0, 0.05) is 17.7 Å². The Kier molecular flexibility index (Phi) is 6.42. The van der Waals surface area contributed by atoms with Gasteiger partial charge in [-0.15, -0.1) is 0 Å². The van der Waals surface area contributed by atoms with Crippen LogP contribution in [0.15, 0.2) is 89.9 Å². The van der Waals surface area contributed by atoms with E-state index in [-0.39, 0.29) is 5.91 Å². The number of anilines is 1. The molecule has 32 heavy (non-hydrogen) atoms. The number of nitrogens with two attached hydrogens (primary N) is 1. The second-order valence-corrected chi connectivity index (χ2v) is 7.65. The summed E-state index contributed by atoms with van der Waals surface area (Å²) in [7, 11) is 0. The summed E-state index contributed by atoms with van der Waals surface area (Å²) in [5, 5.41) is 2.78. The number of nitrogens with one attached hydrogen (secondary N) is 1. The summed E-state index contributed by atoms with van der Waals surface area (Å²) >= 11 is 0. The molecule has 0 aromatic heterocycles. The standard InChI is InChI=1S/C26H26N4O2/c1-2-30-22-16-10-9-15-20(22)23(19-13-7-4-8-14-19)28-24(26(30)32)29-25(31)21(27)17-18-11-5-3-6-12-18/h3-16,21,24H,2,17,27H2,1H3,(H,29,31)/t21-,24?/m1/s1. The first-order valence-electron chi connectivity index (χ1n) is 10.7. The van der Waals surface area contributed by atoms with Crippen LogP contribution in [-0.2, 0) is 16.0 Å². The summed E-state index contributed by atoms with van der Waals surface area (Å²) in [5.41, 5.74) is 10.3. The number of nitrogens with zero attached hydrogens (tertiary/aromatic N) is 2. The van der Waals surface area contributed by atoms with Gasteiger partial charge in [0.2, 0.25) is 12.1 Å². The fourth-order valence-electron chi connectivity index (χ4n) is 3.88. The molecule has 0 saturated carbocycles. The second kappa shape index (κ2) is 9.58. The summed E-state index contributed by atoms with van der Waals surface area (Å²) in [4.78, 5) is 32.7. The lowest BCUT2D eigenvalue weighted by Gasteiger charge is -2.24. The van der Waals surface area contributed by atoms with Crippen molar-refractivity contribution in [3.63, 3.8) is 0 Å². The molecule has 3 aromatic rings. The van der Waals surface area contributed by atoms with Gasteiger partial charge in [-0.05, 0) is 25.0 Å². The molecule has 1 unspecified atom stereocenters. The van der Waals surface area contributed by atoms with Crippen molar-refractivity contribution in [2.24, 2.45) is 10.7 Å². The summed E-state index contributed by atoms with van der Waals surface area (Å²) in [5.74, 6) is -0.698. The van der Waals surface area contributed by atoms with Gasteiger partial charge in [-0.1, -0.05) is 78.9 Å². The minimum absolute atomic E-state index is 0.286. The first-order chi connectivity index (χ1) is 15.6. The quantitative estimate of drug-likeness (QED) is 0.635. The smallest absolute Gasteiger partial charge is 0.272 e. The summed E-state index contributed by atoms with van der Waals surface area (Å²) in [6, 6.07) is 26.1. The minimum atomic E-state index is -1.06. The van der Waals surface area contributed by atoms with E-state index < -0.39 is 18.1 Å². The topological polar surface area (TPSA) is 87.8 Å². The maximum atomic E-state index is 13.4. The Balaban J connectivity index is 1.68. The van der Waals surface area contributed by atoms with E-state index in [1.165, 1.54) is 0 Å². The molecule has 0 spiro atoms. The fourth-order valence-corrected chi connectivity index (χ4v) is 3.88. The highest BCUT2D eigenvalue weighted by Crippen LogP contribution is 2.28. The highest BCUT2D eigenvalue weighted by Gasteiger charge is 2.33. The van der Waals surface area contributed by atoms with Crippen molar-refractivity contribution in [1.82, 2.24) is 5.32 Å². The van der Waals surface area contributed by atoms with Crippen LogP contribution in [0.3, 0.4) is 0 Å². The van der Waals surface area contributed by atoms with E-state index in [2.05, 4.69) is 5.32 Å². The van der Waals surface area contributed by atoms with Crippen molar-refractivity contribution >= 4 is 23.2 Å². The molecule has 6 heteroatoms. The van der Waals surface area contributed by atoms with Gasteiger partial charge in [0.15, 0.2) is 0 Å². The largest absolute Gasteiger partial charge is 0.325 e. The zero-order valence-corrected chi connectivity index (χ0v) is 17.9. The molecular weight excluding hydrogens is 400 g/mol. The van der Waals surface area contributed by atoms with Gasteiger partial charge in [0.1, 0.15) is 0 Å². The number of para-hydroxylation sites is 1. The van der Waals surface area contributed by atoms with Crippen LogP contribution in [0.4, 0.5) is 5.69 Å². The Bertz CT molecular complexity index is 1130. The van der Waals surface area contributed by atoms with Crippen molar-refractivity contribution < 1.29 is 9.59 Å². The third-order valence-corrected chi connectivity index (χ3v) is 5.49. The predicted molar refractivity (Wildman–Crippen MR) is 127 cm³/mol. The molecule has 4 rings (SSSR count). The molecule has 6 nitrogen and oxygen atoms in total. The number of carbonyl (C=O) groups is 2. The monoisotopic (exact) mass is 426 g/mol. The van der Waals surface area contributed by atoms with E-state index in [1.54, 1.807) is 4.90 Å². The van der Waals surface area contributed by atoms with Gasteiger partial charge >= 0.3 is 0 Å². The molecule has 0 fully saturated rings. The van der Waals surface area contributed by atoms with Crippen molar-refractivity contribution in [2.45, 2.75) is 25.6 Å². The average molecular weight is 427 g/mol. The highest BCUT2D eigenvalue weighted by molar-refractivity contribution is 6.20. The molecule has 3 N–H and O–H groups in total. The Labute approximate surface area is 187 Å². The summed E-state index contributed by atoms with van der Waals surface area (Å²) < 4.78 is 0. The first kappa shape index (κ1) is 21.5. The Hall–Kier alpha value is -3.77. The predicted octanol–water partition coefficient (Wildman–Crippen LogP) is 2.90. The van der Waals surface area contributed by atoms with E-state index in [1.807, 2.05) is 91.9 Å². The normalized spacial score (nSPS) is 16.6. The fraction of sp³-hybridized carbons (Fsp3) is 0.192. The number of likely N-dealkylation sites (N-methyl/N-ethyl adjacent to an activating group) is 1. The maximum Gasteiger partial charge on any atom is 0.272 e. The van der Waals surface area contributed by atoms with Crippen molar-refractivity contribution in [2.75, 3.05) is 11.4 Å². The number of hydrogen-bond acceptors (Lipinski definition) is 4. The third kappa shape index (κ3) is 4.45. The number of carbonyl (C=O) groups excluding carboxylic acids is 2. The lowest BCUT2D eigenvalue weighted by molar-refractivity contribution is -0.128. The van der Waals surface area contributed by atoms with Crippen LogP contribution in [0.25, 0.3) is 0 Å². The number of hydrogen-bond donors (Lipinski definition) is 2. The third-order valence-electron chi connectivity index (χ3n) is 5.49. The number of aliphatic imine (C=N–C) groups is 1. The molecule has 0 bridgehead atoms. The van der Waals surface area contributed by atoms with Crippen LogP contribution >= 0.6 is 0 Å². The lowest BCUT2D eigenvalue weighted by atomic mass is 10.0. The number of benzodiazepines with no additional fused rings is 1. The van der Waals surface area contributed by atoms with Gasteiger partial charge < -0.3 is 16.0 Å². The molecule has 2 atom stereocenters. The molecule has 162 valence electrons. The van der Waals surface area contributed by atoms with Crippen LogP contribution in [0.5, 0.6) is 0 Å². The van der Waals surface area contributed by atoms with Crippen molar-refractivity contribution in [1.29, 1.82) is 0 Å². The van der Waals surface area contributed by atoms with Gasteiger partial charge in [0.25, 0.3) is 5.91 Å². The SMILES string of the molecule is CCN1C(=O)C(NC(=O)[C@H](N)Cc2ccccc2)N=C(c2ccccc2)c2ccccc21. The number of amides is 2. The van der Waals surface area contributed by atoms with Crippen LogP contribution in [0.2, 0.25) is 0 Å². The zero-order chi connectivity index (χ0) is 22.5. The average Bonchev–Trinajstić information content (AvgIpc) is 2.94. The molecule has 0 radical (unpaired) electrons. The molecule has 1 aliphatic heterocycles. The van der Waals surface area contributed by atoms with Crippen LogP contribution in [-0.4, -0.2) is 36.3 Å². The van der Waals surface area contributed by atoms with Crippen LogP contribution in [0, 0.1) is 0 Å². The highest BCUT2D eigenvalue weighted by atomic mass is 16.2. The first-order valence-corrected chi connectivity index (χ1v) is 10.7. The molecule has 0 aliphatic carbocycles. The van der Waals surface area contributed by atoms with Gasteiger partial charge in [-0.2, -0.15) is 0 Å². The van der Waals surface area contributed by atoms with Crippen LogP contribution in [0.1, 0.15) is 23.6 Å². The van der Waals surface area contributed by atoms with Gasteiger partial charge in [-0.3, -0.25) is 9.59 Å². The van der Waals surface area contributed by atoms with Gasteiger partial charge in [-0.25, -0.2) is 4.99 Å². The van der Waals surface area contributed by atoms with E-state index in [9.17, 15) is 9.59 Å². The van der Waals surface area contributed by atoms with Crippen molar-refractivity contribution in [3.8, 4) is 0 Å². The molecule has 0 saturated heterocycles. The summed E-state index contributed by atoms with van der Waals surface area (Å²) in [6.45, 7) is 2.36. The van der Waals surface area contributed by atoms with E-state index in [0.717, 1.165) is 22.4 Å². The van der Waals surface area contributed by atoms with Crippen LogP contribution < -0.4 is 16.0 Å². The Morgan fingerprint density at radius 1 is 1.00 bits per heavy atom. The van der Waals surface area contributed by atoms with Crippen molar-refractivity contribution in [3.05, 3.63) is 102 Å². The second-order valence-electron chi connectivity index (χ2n) is 7.65. The number of benzene rings is 3. The number of rotatable bonds is 6. The Morgan fingerprint density at radius 2 is 1.62 bits per heavy atom. The molecule has 1 heterocycles. The van der Waals surface area contributed by atoms with E-state index in [4.69, 9.17) is 10.7 Å². The Morgan fingerprint density at radius 3 is 2.31 bits per heavy atom. The van der Waals surface area contributed by atoms with E-state index >= 15 is 0 Å². The number of fused-ring (bicyclic) bond motifs is 1. The molecule has 2 amide bonds. The molecular formula is C26H26N4O2. The molecule has 3 aromatic carbocycles. The molecule has 1 aliphatic rings. The summed E-state index contributed by atoms with van der Waals surface area (Å²) in [6.07, 6.45) is -0.688. The minimum Gasteiger partial charge on any atom is -0.325 e. The van der Waals surface area contributed by atoms with Gasteiger partial charge in [0.05, 0.1) is 17.4 Å².